The zero-order valence-corrected chi connectivity index (χ0v) is 12.1. The maximum absolute atomic E-state index is 2.59. The minimum atomic E-state index is -0.954. The molecule has 1 aliphatic carbocycles. The average molecular weight is 212 g/mol. The third-order valence-electron chi connectivity index (χ3n) is 5.43. The molecule has 0 radical (unpaired) electrons. The predicted octanol–water partition coefficient (Wildman–Crippen LogP) is 4.64. The lowest BCUT2D eigenvalue weighted by Crippen LogP contribution is -2.36. The maximum Gasteiger partial charge on any atom is 0.0507 e. The standard InChI is InChI=1S/C13H28Si/c1-8-14(6,7)13-11(4)9(2)10(3)12(13)5/h9-13H,8H2,1-7H3. The highest BCUT2D eigenvalue weighted by atomic mass is 28.3. The molecule has 1 heteroatoms. The smallest absolute Gasteiger partial charge is 0.0507 e. The van der Waals surface area contributed by atoms with Gasteiger partial charge in [-0.2, -0.15) is 0 Å². The fourth-order valence-electron chi connectivity index (χ4n) is 3.75. The summed E-state index contributed by atoms with van der Waals surface area (Å²) in [6.07, 6.45) is 0. The van der Waals surface area contributed by atoms with Gasteiger partial charge in [-0.3, -0.25) is 0 Å². The first-order valence-electron chi connectivity index (χ1n) is 6.33. The highest BCUT2D eigenvalue weighted by Crippen LogP contribution is 2.54. The first-order valence-corrected chi connectivity index (χ1v) is 9.61. The largest absolute Gasteiger partial charge is 0.0691 e. The Hall–Kier alpha value is 0.217. The molecule has 0 amide bonds. The summed E-state index contributed by atoms with van der Waals surface area (Å²) in [5.41, 5.74) is 1.05. The molecule has 0 bridgehead atoms. The van der Waals surface area contributed by atoms with Gasteiger partial charge in [-0.15, -0.1) is 0 Å². The van der Waals surface area contributed by atoms with E-state index in [1.54, 1.807) is 0 Å². The highest BCUT2D eigenvalue weighted by molar-refractivity contribution is 6.78. The van der Waals surface area contributed by atoms with Gasteiger partial charge in [0.25, 0.3) is 0 Å². The van der Waals surface area contributed by atoms with Crippen molar-refractivity contribution in [3.05, 3.63) is 0 Å². The molecule has 84 valence electrons. The van der Waals surface area contributed by atoms with Crippen LogP contribution in [0.1, 0.15) is 34.6 Å². The van der Waals surface area contributed by atoms with Crippen molar-refractivity contribution >= 4 is 8.07 Å². The second kappa shape index (κ2) is 4.00. The lowest BCUT2D eigenvalue weighted by atomic mass is 9.92. The quantitative estimate of drug-likeness (QED) is 0.585. The van der Waals surface area contributed by atoms with Gasteiger partial charge in [0.1, 0.15) is 0 Å². The summed E-state index contributed by atoms with van der Waals surface area (Å²) in [4.78, 5) is 0. The van der Waals surface area contributed by atoms with E-state index in [0.717, 1.165) is 29.2 Å². The van der Waals surface area contributed by atoms with E-state index >= 15 is 0 Å². The number of rotatable bonds is 2. The molecular formula is C13H28Si. The summed E-state index contributed by atoms with van der Waals surface area (Å²) in [6, 6.07) is 1.45. The van der Waals surface area contributed by atoms with Crippen molar-refractivity contribution in [2.45, 2.75) is 59.3 Å². The van der Waals surface area contributed by atoms with E-state index in [2.05, 4.69) is 47.7 Å². The van der Waals surface area contributed by atoms with Crippen LogP contribution in [0.2, 0.25) is 24.7 Å². The average Bonchev–Trinajstić information content (AvgIpc) is 2.31. The predicted molar refractivity (Wildman–Crippen MR) is 68.4 cm³/mol. The van der Waals surface area contributed by atoms with Crippen LogP contribution in [0.15, 0.2) is 0 Å². The Morgan fingerprint density at radius 2 is 1.14 bits per heavy atom. The van der Waals surface area contributed by atoms with E-state index in [-0.39, 0.29) is 0 Å². The molecule has 1 fully saturated rings. The van der Waals surface area contributed by atoms with Crippen LogP contribution >= 0.6 is 0 Å². The summed E-state index contributed by atoms with van der Waals surface area (Å²) in [5, 5.41) is 0. The molecule has 0 spiro atoms. The monoisotopic (exact) mass is 212 g/mol. The lowest BCUT2D eigenvalue weighted by Gasteiger charge is -2.35. The van der Waals surface area contributed by atoms with Gasteiger partial charge in [-0.1, -0.05) is 53.8 Å². The van der Waals surface area contributed by atoms with Gasteiger partial charge in [0.2, 0.25) is 0 Å². The first kappa shape index (κ1) is 12.3. The minimum absolute atomic E-state index is 0.938. The third-order valence-corrected chi connectivity index (χ3v) is 10.1. The van der Waals surface area contributed by atoms with Gasteiger partial charge < -0.3 is 0 Å². The fourth-order valence-corrected chi connectivity index (χ4v) is 7.67. The molecule has 0 saturated heterocycles. The van der Waals surface area contributed by atoms with Gasteiger partial charge in [-0.05, 0) is 29.2 Å². The second-order valence-electron chi connectivity index (χ2n) is 6.30. The Bertz CT molecular complexity index is 183. The van der Waals surface area contributed by atoms with E-state index in [0.29, 0.717) is 0 Å². The topological polar surface area (TPSA) is 0 Å². The van der Waals surface area contributed by atoms with Crippen LogP contribution < -0.4 is 0 Å². The van der Waals surface area contributed by atoms with Crippen molar-refractivity contribution < 1.29 is 0 Å². The molecule has 1 saturated carbocycles. The molecule has 0 nitrogen and oxygen atoms in total. The van der Waals surface area contributed by atoms with Crippen LogP contribution in [0.25, 0.3) is 0 Å². The zero-order valence-electron chi connectivity index (χ0n) is 11.1. The van der Waals surface area contributed by atoms with Crippen molar-refractivity contribution in [2.24, 2.45) is 23.7 Å². The van der Waals surface area contributed by atoms with Crippen LogP contribution in [0, 0.1) is 23.7 Å². The fraction of sp³-hybridized carbons (Fsp3) is 1.00. The van der Waals surface area contributed by atoms with Crippen molar-refractivity contribution in [3.63, 3.8) is 0 Å². The molecule has 1 aliphatic rings. The SMILES string of the molecule is CC[Si](C)(C)C1C(C)C(C)C(C)C1C. The van der Waals surface area contributed by atoms with Crippen LogP contribution in [0.4, 0.5) is 0 Å². The summed E-state index contributed by atoms with van der Waals surface area (Å²) in [6.45, 7) is 17.5. The minimum Gasteiger partial charge on any atom is -0.0691 e. The van der Waals surface area contributed by atoms with Crippen molar-refractivity contribution in [1.82, 2.24) is 0 Å². The number of hydrogen-bond acceptors (Lipinski definition) is 0. The van der Waals surface area contributed by atoms with E-state index < -0.39 is 8.07 Å². The lowest BCUT2D eigenvalue weighted by molar-refractivity contribution is 0.352. The molecule has 0 N–H and O–H groups in total. The van der Waals surface area contributed by atoms with E-state index in [4.69, 9.17) is 0 Å². The van der Waals surface area contributed by atoms with Gasteiger partial charge in [0.05, 0.1) is 8.07 Å². The van der Waals surface area contributed by atoms with Gasteiger partial charge in [0, 0.05) is 0 Å². The van der Waals surface area contributed by atoms with E-state index in [9.17, 15) is 0 Å². The Kier molecular flexibility index (Phi) is 3.51. The summed E-state index contributed by atoms with van der Waals surface area (Å²) >= 11 is 0. The summed E-state index contributed by atoms with van der Waals surface area (Å²) < 4.78 is 0. The van der Waals surface area contributed by atoms with E-state index in [1.807, 2.05) is 0 Å². The maximum atomic E-state index is 2.59. The molecule has 4 unspecified atom stereocenters. The normalized spacial score (nSPS) is 44.4. The molecule has 14 heavy (non-hydrogen) atoms. The molecular weight excluding hydrogens is 184 g/mol. The first-order chi connectivity index (χ1) is 6.33. The molecule has 0 aromatic carbocycles. The molecule has 4 atom stereocenters. The Balaban J connectivity index is 2.89. The van der Waals surface area contributed by atoms with E-state index in [1.165, 1.54) is 6.04 Å². The Morgan fingerprint density at radius 1 is 0.786 bits per heavy atom. The van der Waals surface area contributed by atoms with Crippen LogP contribution in [0.3, 0.4) is 0 Å². The highest BCUT2D eigenvalue weighted by Gasteiger charge is 2.48. The van der Waals surface area contributed by atoms with Crippen molar-refractivity contribution in [1.29, 1.82) is 0 Å². The summed E-state index contributed by atoms with van der Waals surface area (Å²) in [7, 11) is -0.954. The summed E-state index contributed by atoms with van der Waals surface area (Å²) in [5.74, 6) is 3.80. The third kappa shape index (κ3) is 1.80. The van der Waals surface area contributed by atoms with Crippen LogP contribution in [0.5, 0.6) is 0 Å². The van der Waals surface area contributed by atoms with Gasteiger partial charge in [-0.25, -0.2) is 0 Å². The van der Waals surface area contributed by atoms with Gasteiger partial charge in [0.15, 0.2) is 0 Å². The van der Waals surface area contributed by atoms with Crippen LogP contribution in [-0.2, 0) is 0 Å². The number of hydrogen-bond donors (Lipinski definition) is 0. The Morgan fingerprint density at radius 3 is 1.43 bits per heavy atom. The molecule has 0 aliphatic heterocycles. The van der Waals surface area contributed by atoms with Crippen molar-refractivity contribution in [3.8, 4) is 0 Å². The molecule has 0 aromatic heterocycles. The molecule has 0 heterocycles. The van der Waals surface area contributed by atoms with Gasteiger partial charge >= 0.3 is 0 Å². The zero-order chi connectivity index (χ0) is 11.1. The molecule has 0 aromatic rings. The second-order valence-corrected chi connectivity index (χ2v) is 11.7. The van der Waals surface area contributed by atoms with Crippen molar-refractivity contribution in [2.75, 3.05) is 0 Å². The van der Waals surface area contributed by atoms with Crippen LogP contribution in [-0.4, -0.2) is 8.07 Å². The molecule has 1 rings (SSSR count). The Labute approximate surface area is 91.5 Å².